The maximum atomic E-state index is 11.5. The van der Waals surface area contributed by atoms with Gasteiger partial charge in [0.25, 0.3) is 0 Å². The molecule has 0 saturated carbocycles. The highest BCUT2D eigenvalue weighted by Crippen LogP contribution is 2.01. The second kappa shape index (κ2) is 4.88. The van der Waals surface area contributed by atoms with Crippen molar-refractivity contribution in [3.05, 3.63) is 48.3 Å². The lowest BCUT2D eigenvalue weighted by Crippen LogP contribution is -2.14. The summed E-state index contributed by atoms with van der Waals surface area (Å²) >= 11 is 0. The third-order valence-corrected chi connectivity index (χ3v) is 1.78. The Kier molecular flexibility index (Phi) is 3.10. The molecule has 0 amide bonds. The van der Waals surface area contributed by atoms with Crippen molar-refractivity contribution in [1.82, 2.24) is 20.2 Å². The Labute approximate surface area is 95.5 Å². The zero-order valence-electron chi connectivity index (χ0n) is 8.48. The van der Waals surface area contributed by atoms with Crippen molar-refractivity contribution >= 4 is 11.9 Å². The average Bonchev–Trinajstić information content (AvgIpc) is 2.40. The fraction of sp³-hybridized carbons (Fsp3) is 0. The minimum atomic E-state index is -0.861. The summed E-state index contributed by atoms with van der Waals surface area (Å²) in [5.41, 5.74) is 0.0973. The van der Waals surface area contributed by atoms with E-state index in [0.717, 1.165) is 0 Å². The summed E-state index contributed by atoms with van der Waals surface area (Å²) < 4.78 is 4.57. The molecule has 0 bridgehead atoms. The number of aromatic nitrogens is 4. The van der Waals surface area contributed by atoms with Crippen molar-refractivity contribution in [2.75, 3.05) is 0 Å². The molecule has 0 aliphatic rings. The lowest BCUT2D eigenvalue weighted by molar-refractivity contribution is 0.0393. The van der Waals surface area contributed by atoms with Crippen LogP contribution in [0, 0.1) is 0 Å². The lowest BCUT2D eigenvalue weighted by atomic mass is 10.3. The van der Waals surface area contributed by atoms with Gasteiger partial charge in [-0.25, -0.2) is 14.6 Å². The van der Waals surface area contributed by atoms with E-state index in [1.807, 2.05) is 0 Å². The summed E-state index contributed by atoms with van der Waals surface area (Å²) in [5, 5.41) is 7.00. The minimum absolute atomic E-state index is 0.0390. The van der Waals surface area contributed by atoms with Crippen molar-refractivity contribution in [3.8, 4) is 0 Å². The van der Waals surface area contributed by atoms with E-state index in [-0.39, 0.29) is 11.3 Å². The quantitative estimate of drug-likeness (QED) is 0.539. The molecule has 0 radical (unpaired) electrons. The number of carbonyl (C=O) groups is 2. The second-order valence-corrected chi connectivity index (χ2v) is 2.90. The third kappa shape index (κ3) is 2.65. The van der Waals surface area contributed by atoms with E-state index in [2.05, 4.69) is 24.9 Å². The van der Waals surface area contributed by atoms with Crippen LogP contribution in [-0.2, 0) is 4.74 Å². The van der Waals surface area contributed by atoms with Gasteiger partial charge in [0.05, 0.1) is 24.2 Å². The molecule has 7 nitrogen and oxygen atoms in total. The van der Waals surface area contributed by atoms with Gasteiger partial charge in [0.15, 0.2) is 5.69 Å². The van der Waals surface area contributed by atoms with E-state index in [9.17, 15) is 9.59 Å². The first kappa shape index (κ1) is 10.8. The Bertz CT molecular complexity index is 480. The molecule has 0 atom stereocenters. The SMILES string of the molecule is O=C(OC(=O)c1cnccn1)c1ccnnc1. The molecule has 0 spiro atoms. The van der Waals surface area contributed by atoms with Crippen LogP contribution < -0.4 is 0 Å². The van der Waals surface area contributed by atoms with Crippen LogP contribution in [0.1, 0.15) is 20.8 Å². The fourth-order valence-corrected chi connectivity index (χ4v) is 1.01. The predicted octanol–water partition coefficient (Wildman–Crippen LogP) is 0.264. The van der Waals surface area contributed by atoms with Crippen molar-refractivity contribution in [2.24, 2.45) is 0 Å². The Hall–Kier alpha value is -2.70. The Morgan fingerprint density at radius 1 is 1.00 bits per heavy atom. The standard InChI is InChI=1S/C10H6N4O3/c15-9(7-1-2-13-14-5-7)17-10(16)8-6-11-3-4-12-8/h1-6H. The van der Waals surface area contributed by atoms with Gasteiger partial charge >= 0.3 is 11.9 Å². The molecule has 0 aliphatic heterocycles. The van der Waals surface area contributed by atoms with Crippen LogP contribution in [-0.4, -0.2) is 32.1 Å². The number of ether oxygens (including phenoxy) is 1. The molecule has 0 saturated heterocycles. The largest absolute Gasteiger partial charge is 0.384 e. The highest BCUT2D eigenvalue weighted by Gasteiger charge is 2.15. The summed E-state index contributed by atoms with van der Waals surface area (Å²) in [5.74, 6) is -1.67. The zero-order valence-corrected chi connectivity index (χ0v) is 8.48. The Morgan fingerprint density at radius 3 is 2.53 bits per heavy atom. The zero-order chi connectivity index (χ0) is 12.1. The molecule has 0 unspecified atom stereocenters. The average molecular weight is 230 g/mol. The topological polar surface area (TPSA) is 94.9 Å². The molecule has 0 aromatic carbocycles. The summed E-state index contributed by atoms with van der Waals surface area (Å²) in [6, 6.07) is 1.39. The third-order valence-electron chi connectivity index (χ3n) is 1.78. The number of nitrogens with zero attached hydrogens (tertiary/aromatic N) is 4. The van der Waals surface area contributed by atoms with Gasteiger partial charge < -0.3 is 4.74 Å². The predicted molar refractivity (Wildman–Crippen MR) is 53.8 cm³/mol. The highest BCUT2D eigenvalue weighted by atomic mass is 16.6. The molecular formula is C10H6N4O3. The summed E-state index contributed by atoms with van der Waals surface area (Å²) in [6.07, 6.45) is 6.47. The Balaban J connectivity index is 2.08. The first-order valence-electron chi connectivity index (χ1n) is 4.56. The molecule has 0 aliphatic carbocycles. The van der Waals surface area contributed by atoms with Crippen LogP contribution in [0.25, 0.3) is 0 Å². The van der Waals surface area contributed by atoms with Crippen LogP contribution in [0.3, 0.4) is 0 Å². The fourth-order valence-electron chi connectivity index (χ4n) is 1.01. The highest BCUT2D eigenvalue weighted by molar-refractivity contribution is 6.01. The number of hydrogen-bond acceptors (Lipinski definition) is 7. The van der Waals surface area contributed by atoms with Crippen molar-refractivity contribution in [3.63, 3.8) is 0 Å². The Morgan fingerprint density at radius 2 is 1.88 bits per heavy atom. The monoisotopic (exact) mass is 230 g/mol. The molecule has 0 N–H and O–H groups in total. The molecule has 2 aromatic heterocycles. The molecule has 7 heteroatoms. The molecule has 84 valence electrons. The molecule has 2 aromatic rings. The van der Waals surface area contributed by atoms with Crippen LogP contribution in [0.5, 0.6) is 0 Å². The summed E-state index contributed by atoms with van der Waals surface area (Å²) in [6.45, 7) is 0. The first-order valence-corrected chi connectivity index (χ1v) is 4.56. The normalized spacial score (nSPS) is 9.65. The molecular weight excluding hydrogens is 224 g/mol. The van der Waals surface area contributed by atoms with E-state index in [1.54, 1.807) is 0 Å². The smallest absolute Gasteiger partial charge is 0.366 e. The van der Waals surface area contributed by atoms with E-state index in [1.165, 1.54) is 37.1 Å². The second-order valence-electron chi connectivity index (χ2n) is 2.90. The van der Waals surface area contributed by atoms with Gasteiger partial charge in [-0.2, -0.15) is 10.2 Å². The van der Waals surface area contributed by atoms with E-state index < -0.39 is 11.9 Å². The van der Waals surface area contributed by atoms with Crippen LogP contribution in [0.4, 0.5) is 0 Å². The number of esters is 2. The number of rotatable bonds is 2. The van der Waals surface area contributed by atoms with E-state index >= 15 is 0 Å². The molecule has 2 heterocycles. The van der Waals surface area contributed by atoms with E-state index in [4.69, 9.17) is 0 Å². The minimum Gasteiger partial charge on any atom is -0.384 e. The van der Waals surface area contributed by atoms with E-state index in [0.29, 0.717) is 0 Å². The molecule has 0 fully saturated rings. The lowest BCUT2D eigenvalue weighted by Gasteiger charge is -2.00. The van der Waals surface area contributed by atoms with Crippen molar-refractivity contribution in [2.45, 2.75) is 0 Å². The summed E-state index contributed by atoms with van der Waals surface area (Å²) in [7, 11) is 0. The van der Waals surface area contributed by atoms with Gasteiger partial charge in [-0.3, -0.25) is 4.98 Å². The van der Waals surface area contributed by atoms with Crippen LogP contribution >= 0.6 is 0 Å². The van der Waals surface area contributed by atoms with Crippen LogP contribution in [0.2, 0.25) is 0 Å². The van der Waals surface area contributed by atoms with Crippen LogP contribution in [0.15, 0.2) is 37.1 Å². The maximum Gasteiger partial charge on any atom is 0.366 e. The maximum absolute atomic E-state index is 11.5. The van der Waals surface area contributed by atoms with Crippen molar-refractivity contribution < 1.29 is 14.3 Å². The van der Waals surface area contributed by atoms with Crippen molar-refractivity contribution in [1.29, 1.82) is 0 Å². The van der Waals surface area contributed by atoms with Gasteiger partial charge in [0, 0.05) is 12.4 Å². The van der Waals surface area contributed by atoms with Gasteiger partial charge in [-0.05, 0) is 6.07 Å². The number of carbonyl (C=O) groups excluding carboxylic acids is 2. The first-order chi connectivity index (χ1) is 8.27. The number of hydrogen-bond donors (Lipinski definition) is 0. The molecule has 2 rings (SSSR count). The molecule has 17 heavy (non-hydrogen) atoms. The summed E-state index contributed by atoms with van der Waals surface area (Å²) in [4.78, 5) is 30.3. The van der Waals surface area contributed by atoms with Gasteiger partial charge in [-0.15, -0.1) is 0 Å². The van der Waals surface area contributed by atoms with Gasteiger partial charge in [-0.1, -0.05) is 0 Å². The van der Waals surface area contributed by atoms with Gasteiger partial charge in [0.2, 0.25) is 0 Å². The van der Waals surface area contributed by atoms with Gasteiger partial charge in [0.1, 0.15) is 0 Å².